The van der Waals surface area contributed by atoms with Crippen molar-refractivity contribution in [2.24, 2.45) is 0 Å². The number of halogens is 1. The van der Waals surface area contributed by atoms with Gasteiger partial charge in [-0.1, -0.05) is 42.5 Å². The van der Waals surface area contributed by atoms with Gasteiger partial charge in [-0.05, 0) is 17.7 Å². The maximum Gasteiger partial charge on any atom is 0.254 e. The fourth-order valence-electron chi connectivity index (χ4n) is 2.82. The Morgan fingerprint density at radius 1 is 1.07 bits per heavy atom. The molecule has 0 radical (unpaired) electrons. The van der Waals surface area contributed by atoms with E-state index in [1.54, 1.807) is 18.6 Å². The summed E-state index contributed by atoms with van der Waals surface area (Å²) < 4.78 is 15.5. The number of nitrogens with one attached hydrogen (secondary N) is 2. The van der Waals surface area contributed by atoms with Crippen LogP contribution in [0.15, 0.2) is 73.3 Å². The predicted octanol–water partition coefficient (Wildman–Crippen LogP) is 2.70. The van der Waals surface area contributed by atoms with Gasteiger partial charge in [0.1, 0.15) is 5.82 Å². The molecule has 0 aliphatic rings. The Hall–Kier alpha value is -3.48. The van der Waals surface area contributed by atoms with Gasteiger partial charge in [-0.25, -0.2) is 9.37 Å². The van der Waals surface area contributed by atoms with Crippen LogP contribution >= 0.6 is 0 Å². The lowest BCUT2D eigenvalue weighted by Crippen LogP contribution is -2.34. The largest absolute Gasteiger partial charge is 0.351 e. The average molecular weight is 380 g/mol. The Labute approximate surface area is 162 Å². The minimum atomic E-state index is -0.589. The third-order valence-electron chi connectivity index (χ3n) is 4.25. The van der Waals surface area contributed by atoms with E-state index < -0.39 is 11.7 Å². The van der Waals surface area contributed by atoms with Crippen molar-refractivity contribution in [1.82, 2.24) is 20.2 Å². The van der Waals surface area contributed by atoms with Crippen LogP contribution in [-0.2, 0) is 11.3 Å². The Bertz CT molecular complexity index is 913. The molecule has 0 spiro atoms. The molecule has 3 rings (SSSR count). The fraction of sp³-hybridized carbons (Fsp3) is 0.190. The Morgan fingerprint density at radius 3 is 2.54 bits per heavy atom. The van der Waals surface area contributed by atoms with Gasteiger partial charge in [-0.3, -0.25) is 9.59 Å². The molecule has 2 amide bonds. The van der Waals surface area contributed by atoms with Crippen LogP contribution in [0.1, 0.15) is 28.4 Å². The highest BCUT2D eigenvalue weighted by Gasteiger charge is 2.16. The number of carbonyl (C=O) groups excluding carboxylic acids is 2. The van der Waals surface area contributed by atoms with E-state index in [2.05, 4.69) is 15.6 Å². The van der Waals surface area contributed by atoms with Crippen LogP contribution in [0, 0.1) is 5.82 Å². The predicted molar refractivity (Wildman–Crippen MR) is 103 cm³/mol. The molecule has 7 heteroatoms. The van der Waals surface area contributed by atoms with Crippen LogP contribution in [0.2, 0.25) is 0 Å². The van der Waals surface area contributed by atoms with Crippen molar-refractivity contribution in [1.29, 1.82) is 0 Å². The molecule has 2 N–H and O–H groups in total. The van der Waals surface area contributed by atoms with Crippen molar-refractivity contribution in [2.75, 3.05) is 6.54 Å². The zero-order valence-electron chi connectivity index (χ0n) is 15.2. The summed E-state index contributed by atoms with van der Waals surface area (Å²) >= 11 is 0. The molecular formula is C21H21FN4O2. The number of hydrogen-bond acceptors (Lipinski definition) is 3. The summed E-state index contributed by atoms with van der Waals surface area (Å²) in [6.45, 7) is 0.656. The molecule has 2 aromatic carbocycles. The summed E-state index contributed by atoms with van der Waals surface area (Å²) in [6, 6.07) is 15.1. The lowest BCUT2D eigenvalue weighted by Gasteiger charge is -2.20. The van der Waals surface area contributed by atoms with Gasteiger partial charge in [0, 0.05) is 31.9 Å². The minimum Gasteiger partial charge on any atom is -0.351 e. The monoisotopic (exact) mass is 380 g/mol. The van der Waals surface area contributed by atoms with Crippen LogP contribution in [0.3, 0.4) is 0 Å². The molecule has 0 aliphatic carbocycles. The normalized spacial score (nSPS) is 11.6. The highest BCUT2D eigenvalue weighted by Crippen LogP contribution is 2.15. The topological polar surface area (TPSA) is 76.0 Å². The van der Waals surface area contributed by atoms with Gasteiger partial charge in [0.15, 0.2) is 0 Å². The Balaban J connectivity index is 1.55. The molecule has 6 nitrogen and oxygen atoms in total. The highest BCUT2D eigenvalue weighted by molar-refractivity contribution is 5.94. The quantitative estimate of drug-likeness (QED) is 0.631. The van der Waals surface area contributed by atoms with Gasteiger partial charge in [0.2, 0.25) is 5.91 Å². The summed E-state index contributed by atoms with van der Waals surface area (Å²) in [5.41, 5.74) is 0.935. The molecule has 3 aromatic rings. The van der Waals surface area contributed by atoms with Gasteiger partial charge in [-0.15, -0.1) is 0 Å². The maximum atomic E-state index is 13.6. The first kappa shape index (κ1) is 19.3. The molecular weight excluding hydrogens is 359 g/mol. The minimum absolute atomic E-state index is 0.0369. The number of rotatable bonds is 8. The molecule has 1 atom stereocenters. The summed E-state index contributed by atoms with van der Waals surface area (Å²) in [5.74, 6) is -1.33. The van der Waals surface area contributed by atoms with E-state index >= 15 is 0 Å². The van der Waals surface area contributed by atoms with E-state index in [1.165, 1.54) is 18.2 Å². The van der Waals surface area contributed by atoms with E-state index in [-0.39, 0.29) is 30.5 Å². The molecule has 0 saturated heterocycles. The lowest BCUT2D eigenvalue weighted by molar-refractivity contribution is -0.121. The van der Waals surface area contributed by atoms with E-state index in [4.69, 9.17) is 0 Å². The van der Waals surface area contributed by atoms with Crippen LogP contribution in [0.4, 0.5) is 4.39 Å². The van der Waals surface area contributed by atoms with Gasteiger partial charge < -0.3 is 15.2 Å². The van der Waals surface area contributed by atoms with Gasteiger partial charge in [0.05, 0.1) is 17.9 Å². The smallest absolute Gasteiger partial charge is 0.254 e. The Morgan fingerprint density at radius 2 is 1.82 bits per heavy atom. The summed E-state index contributed by atoms with van der Waals surface area (Å²) in [7, 11) is 0. The first-order valence-corrected chi connectivity index (χ1v) is 8.96. The number of aromatic nitrogens is 2. The molecule has 1 heterocycles. The summed E-state index contributed by atoms with van der Waals surface area (Å²) in [6.07, 6.45) is 5.29. The maximum absolute atomic E-state index is 13.6. The van der Waals surface area contributed by atoms with E-state index in [0.29, 0.717) is 6.54 Å². The third-order valence-corrected chi connectivity index (χ3v) is 4.25. The van der Waals surface area contributed by atoms with Crippen molar-refractivity contribution >= 4 is 11.8 Å². The van der Waals surface area contributed by atoms with Gasteiger partial charge in [0.25, 0.3) is 5.91 Å². The van der Waals surface area contributed by atoms with Crippen molar-refractivity contribution in [3.8, 4) is 0 Å². The van der Waals surface area contributed by atoms with Crippen molar-refractivity contribution in [3.63, 3.8) is 0 Å². The van der Waals surface area contributed by atoms with Crippen molar-refractivity contribution in [3.05, 3.63) is 90.3 Å². The molecule has 0 aliphatic heterocycles. The van der Waals surface area contributed by atoms with Crippen LogP contribution < -0.4 is 10.6 Å². The van der Waals surface area contributed by atoms with Crippen molar-refractivity contribution < 1.29 is 14.0 Å². The Kier molecular flexibility index (Phi) is 6.51. The lowest BCUT2D eigenvalue weighted by atomic mass is 10.1. The van der Waals surface area contributed by atoms with Crippen LogP contribution in [0.5, 0.6) is 0 Å². The highest BCUT2D eigenvalue weighted by atomic mass is 19.1. The number of carbonyl (C=O) groups is 2. The van der Waals surface area contributed by atoms with Gasteiger partial charge >= 0.3 is 0 Å². The van der Waals surface area contributed by atoms with Crippen LogP contribution in [0.25, 0.3) is 0 Å². The fourth-order valence-corrected chi connectivity index (χ4v) is 2.82. The van der Waals surface area contributed by atoms with Crippen molar-refractivity contribution in [2.45, 2.75) is 19.0 Å². The second-order valence-electron chi connectivity index (χ2n) is 6.28. The molecule has 1 aromatic heterocycles. The number of imidazole rings is 1. The first-order chi connectivity index (χ1) is 13.6. The number of nitrogens with zero attached hydrogens (tertiary/aromatic N) is 2. The summed E-state index contributed by atoms with van der Waals surface area (Å²) in [5, 5.41) is 5.56. The van der Waals surface area contributed by atoms with Crippen LogP contribution in [-0.4, -0.2) is 27.9 Å². The molecule has 28 heavy (non-hydrogen) atoms. The molecule has 0 bridgehead atoms. The molecule has 0 unspecified atom stereocenters. The van der Waals surface area contributed by atoms with E-state index in [1.807, 2.05) is 41.1 Å². The standard InChI is InChI=1S/C21H21FN4O2/c22-18-9-5-4-8-17(18)21(28)24-11-10-20(27)25-19(14-26-13-12-23-15-26)16-6-2-1-3-7-16/h1-9,12-13,15,19H,10-11,14H2,(H,24,28)(H,25,27)/t19-/m1/s1. The molecule has 0 saturated carbocycles. The number of hydrogen-bond donors (Lipinski definition) is 2. The SMILES string of the molecule is O=C(CCNC(=O)c1ccccc1F)N[C@H](Cn1ccnc1)c1ccccc1. The first-order valence-electron chi connectivity index (χ1n) is 8.96. The second-order valence-corrected chi connectivity index (χ2v) is 6.28. The molecule has 144 valence electrons. The zero-order chi connectivity index (χ0) is 19.8. The number of benzene rings is 2. The van der Waals surface area contributed by atoms with Gasteiger partial charge in [-0.2, -0.15) is 0 Å². The zero-order valence-corrected chi connectivity index (χ0v) is 15.2. The third kappa shape index (κ3) is 5.26. The number of amides is 2. The molecule has 0 fully saturated rings. The van der Waals surface area contributed by atoms with E-state index in [0.717, 1.165) is 5.56 Å². The van der Waals surface area contributed by atoms with E-state index in [9.17, 15) is 14.0 Å². The average Bonchev–Trinajstić information content (AvgIpc) is 3.21. The second kappa shape index (κ2) is 9.45. The summed E-state index contributed by atoms with van der Waals surface area (Å²) in [4.78, 5) is 28.4.